The number of aryl methyl sites for hydroxylation is 2. The second-order valence-corrected chi connectivity index (χ2v) is 5.18. The lowest BCUT2D eigenvalue weighted by Crippen LogP contribution is -2.35. The van der Waals surface area contributed by atoms with Crippen LogP contribution >= 0.6 is 0 Å². The third-order valence-electron chi connectivity index (χ3n) is 3.54. The molecule has 2 atom stereocenters. The maximum Gasteiger partial charge on any atom is 0.332 e. The highest BCUT2D eigenvalue weighted by Gasteiger charge is 2.34. The van der Waals surface area contributed by atoms with E-state index in [1.807, 2.05) is 26.0 Å². The van der Waals surface area contributed by atoms with Crippen LogP contribution in [0, 0.1) is 13.8 Å². The highest BCUT2D eigenvalue weighted by Crippen LogP contribution is 2.20. The molecule has 108 valence electrons. The Kier molecular flexibility index (Phi) is 4.39. The first-order chi connectivity index (χ1) is 9.47. The van der Waals surface area contributed by atoms with E-state index in [9.17, 15) is 9.59 Å². The van der Waals surface area contributed by atoms with Gasteiger partial charge in [0.25, 0.3) is 0 Å². The van der Waals surface area contributed by atoms with Gasteiger partial charge in [0.05, 0.1) is 0 Å². The lowest BCUT2D eigenvalue weighted by molar-refractivity contribution is -0.151. The minimum atomic E-state index is -1.00. The molecule has 5 nitrogen and oxygen atoms in total. The summed E-state index contributed by atoms with van der Waals surface area (Å²) in [6.07, 6.45) is -0.666. The Morgan fingerprint density at radius 1 is 1.30 bits per heavy atom. The van der Waals surface area contributed by atoms with Crippen LogP contribution < -0.4 is 5.32 Å². The molecule has 0 radical (unpaired) electrons. The molecule has 1 fully saturated rings. The van der Waals surface area contributed by atoms with Crippen molar-refractivity contribution in [3.8, 4) is 0 Å². The molecule has 1 aromatic carbocycles. The van der Waals surface area contributed by atoms with Crippen LogP contribution in [-0.2, 0) is 20.9 Å². The first-order valence-electron chi connectivity index (χ1n) is 6.69. The zero-order valence-electron chi connectivity index (χ0n) is 11.7. The van der Waals surface area contributed by atoms with E-state index in [4.69, 9.17) is 9.84 Å². The van der Waals surface area contributed by atoms with Crippen LogP contribution in [0.25, 0.3) is 0 Å². The van der Waals surface area contributed by atoms with Gasteiger partial charge in [0.15, 0.2) is 6.10 Å². The summed E-state index contributed by atoms with van der Waals surface area (Å²) in [6, 6.07) is 6.05. The van der Waals surface area contributed by atoms with Crippen LogP contribution in [0.3, 0.4) is 0 Å². The highest BCUT2D eigenvalue weighted by atomic mass is 16.5. The molecule has 5 heteroatoms. The molecular formula is C15H19NO4. The minimum absolute atomic E-state index is 0.242. The first-order valence-corrected chi connectivity index (χ1v) is 6.69. The van der Waals surface area contributed by atoms with E-state index in [0.717, 1.165) is 11.1 Å². The van der Waals surface area contributed by atoms with Gasteiger partial charge in [-0.3, -0.25) is 4.79 Å². The van der Waals surface area contributed by atoms with E-state index in [0.29, 0.717) is 19.4 Å². The van der Waals surface area contributed by atoms with Gasteiger partial charge in [-0.05, 0) is 37.8 Å². The number of hydrogen-bond acceptors (Lipinski definition) is 3. The van der Waals surface area contributed by atoms with E-state index in [1.54, 1.807) is 0 Å². The van der Waals surface area contributed by atoms with Crippen LogP contribution in [0.2, 0.25) is 0 Å². The summed E-state index contributed by atoms with van der Waals surface area (Å²) in [5, 5.41) is 11.6. The maximum absolute atomic E-state index is 11.9. The fourth-order valence-corrected chi connectivity index (χ4v) is 2.35. The van der Waals surface area contributed by atoms with Gasteiger partial charge in [-0.2, -0.15) is 0 Å². The molecule has 2 N–H and O–H groups in total. The van der Waals surface area contributed by atoms with E-state index < -0.39 is 18.2 Å². The summed E-state index contributed by atoms with van der Waals surface area (Å²) >= 11 is 0. The fourth-order valence-electron chi connectivity index (χ4n) is 2.35. The van der Waals surface area contributed by atoms with Crippen molar-refractivity contribution in [2.24, 2.45) is 0 Å². The van der Waals surface area contributed by atoms with Crippen molar-refractivity contribution in [2.45, 2.75) is 45.4 Å². The largest absolute Gasteiger partial charge is 0.479 e. The monoisotopic (exact) mass is 277 g/mol. The molecule has 0 spiro atoms. The van der Waals surface area contributed by atoms with Gasteiger partial charge in [-0.15, -0.1) is 0 Å². The third-order valence-corrected chi connectivity index (χ3v) is 3.54. The number of amides is 1. The Balaban J connectivity index is 1.88. The van der Waals surface area contributed by atoms with Crippen molar-refractivity contribution < 1.29 is 19.4 Å². The third kappa shape index (κ3) is 3.36. The summed E-state index contributed by atoms with van der Waals surface area (Å²) in [5.74, 6) is -1.25. The molecule has 0 aromatic heterocycles. The SMILES string of the molecule is Cc1ccc(CNC(=O)[C@@H]2CC[C@H](C(=O)O)O2)c(C)c1. The summed E-state index contributed by atoms with van der Waals surface area (Å²) in [4.78, 5) is 22.7. The van der Waals surface area contributed by atoms with Crippen molar-refractivity contribution in [3.05, 3.63) is 34.9 Å². The van der Waals surface area contributed by atoms with Gasteiger partial charge >= 0.3 is 5.97 Å². The number of carbonyl (C=O) groups excluding carboxylic acids is 1. The number of benzene rings is 1. The Morgan fingerprint density at radius 3 is 2.60 bits per heavy atom. The van der Waals surface area contributed by atoms with Crippen LogP contribution in [0.5, 0.6) is 0 Å². The number of ether oxygens (including phenoxy) is 1. The number of nitrogens with one attached hydrogen (secondary N) is 1. The Labute approximate surface area is 117 Å². The summed E-state index contributed by atoms with van der Waals surface area (Å²) in [5.41, 5.74) is 3.36. The summed E-state index contributed by atoms with van der Waals surface area (Å²) in [7, 11) is 0. The Bertz CT molecular complexity index is 527. The van der Waals surface area contributed by atoms with Crippen molar-refractivity contribution in [3.63, 3.8) is 0 Å². The molecule has 0 unspecified atom stereocenters. The number of hydrogen-bond donors (Lipinski definition) is 2. The molecule has 0 saturated carbocycles. The van der Waals surface area contributed by atoms with Crippen LogP contribution in [0.4, 0.5) is 0 Å². The average Bonchev–Trinajstić information content (AvgIpc) is 2.87. The molecule has 20 heavy (non-hydrogen) atoms. The summed E-state index contributed by atoms with van der Waals surface area (Å²) in [6.45, 7) is 4.46. The molecule has 1 saturated heterocycles. The van der Waals surface area contributed by atoms with E-state index in [1.165, 1.54) is 5.56 Å². The lowest BCUT2D eigenvalue weighted by atomic mass is 10.1. The topological polar surface area (TPSA) is 75.6 Å². The molecule has 0 aliphatic carbocycles. The number of carbonyl (C=O) groups is 2. The quantitative estimate of drug-likeness (QED) is 0.875. The summed E-state index contributed by atoms with van der Waals surface area (Å²) < 4.78 is 5.21. The molecular weight excluding hydrogens is 258 g/mol. The van der Waals surface area contributed by atoms with Crippen molar-refractivity contribution in [1.29, 1.82) is 0 Å². The highest BCUT2D eigenvalue weighted by molar-refractivity contribution is 5.82. The second-order valence-electron chi connectivity index (χ2n) is 5.18. The normalized spacial score (nSPS) is 21.7. The number of aliphatic carboxylic acids is 1. The number of carboxylic acids is 1. The first kappa shape index (κ1) is 14.5. The minimum Gasteiger partial charge on any atom is -0.479 e. The van der Waals surface area contributed by atoms with E-state index in [2.05, 4.69) is 11.4 Å². The number of rotatable bonds is 4. The Hall–Kier alpha value is -1.88. The van der Waals surface area contributed by atoms with Gasteiger partial charge in [-0.1, -0.05) is 23.8 Å². The zero-order valence-corrected chi connectivity index (χ0v) is 11.7. The molecule has 1 aliphatic rings. The molecule has 1 aromatic rings. The van der Waals surface area contributed by atoms with Crippen molar-refractivity contribution in [2.75, 3.05) is 0 Å². The zero-order chi connectivity index (χ0) is 14.7. The van der Waals surface area contributed by atoms with Gasteiger partial charge < -0.3 is 15.2 Å². The standard InChI is InChI=1S/C15H19NO4/c1-9-3-4-11(10(2)7-9)8-16-14(17)12-5-6-13(20-12)15(18)19/h3-4,7,12-13H,5-6,8H2,1-2H3,(H,16,17)(H,18,19)/t12-,13+/m0/s1. The van der Waals surface area contributed by atoms with Crippen LogP contribution in [0.1, 0.15) is 29.5 Å². The van der Waals surface area contributed by atoms with Crippen molar-refractivity contribution in [1.82, 2.24) is 5.32 Å². The fraction of sp³-hybridized carbons (Fsp3) is 0.467. The molecule has 0 bridgehead atoms. The van der Waals surface area contributed by atoms with E-state index in [-0.39, 0.29) is 5.91 Å². The molecule has 1 heterocycles. The molecule has 1 aliphatic heterocycles. The van der Waals surface area contributed by atoms with Crippen molar-refractivity contribution >= 4 is 11.9 Å². The van der Waals surface area contributed by atoms with Crippen LogP contribution in [0.15, 0.2) is 18.2 Å². The molecule has 1 amide bonds. The van der Waals surface area contributed by atoms with Gasteiger partial charge in [-0.25, -0.2) is 4.79 Å². The van der Waals surface area contributed by atoms with Gasteiger partial charge in [0, 0.05) is 6.54 Å². The predicted molar refractivity (Wildman–Crippen MR) is 73.3 cm³/mol. The van der Waals surface area contributed by atoms with E-state index >= 15 is 0 Å². The average molecular weight is 277 g/mol. The van der Waals surface area contributed by atoms with Gasteiger partial charge in [0.2, 0.25) is 5.91 Å². The predicted octanol–water partition coefficient (Wildman–Crippen LogP) is 1.55. The lowest BCUT2D eigenvalue weighted by Gasteiger charge is -2.13. The molecule has 2 rings (SSSR count). The smallest absolute Gasteiger partial charge is 0.332 e. The number of carboxylic acid groups (broad SMARTS) is 1. The maximum atomic E-state index is 11.9. The van der Waals surface area contributed by atoms with Crippen LogP contribution in [-0.4, -0.2) is 29.2 Å². The second kappa shape index (κ2) is 6.05. The van der Waals surface area contributed by atoms with Gasteiger partial charge in [0.1, 0.15) is 6.10 Å². The Morgan fingerprint density at radius 2 is 2.00 bits per heavy atom.